The first-order valence-corrected chi connectivity index (χ1v) is 14.7. The zero-order valence-corrected chi connectivity index (χ0v) is 23.2. The molecule has 3 atom stereocenters. The smallest absolute Gasteiger partial charge is 0.244 e. The van der Waals surface area contributed by atoms with Crippen molar-refractivity contribution in [2.45, 2.75) is 70.5 Å². The first kappa shape index (κ1) is 28.0. The van der Waals surface area contributed by atoms with Crippen LogP contribution in [0.4, 0.5) is 10.1 Å². The van der Waals surface area contributed by atoms with E-state index in [0.717, 1.165) is 5.56 Å². The molecular weight excluding hydrogens is 507 g/mol. The number of piperazine rings is 1. The molecular formula is C28H37FN4O4S. The molecule has 2 fully saturated rings. The number of hydrogen-bond acceptors (Lipinski definition) is 5. The molecule has 0 radical (unpaired) electrons. The Bertz CT molecular complexity index is 1270. The topological polar surface area (TPSA) is 90.0 Å². The zero-order chi connectivity index (χ0) is 27.6. The van der Waals surface area contributed by atoms with E-state index >= 15 is 4.39 Å². The predicted octanol–water partition coefficient (Wildman–Crippen LogP) is 3.44. The van der Waals surface area contributed by atoms with Crippen molar-refractivity contribution in [1.29, 1.82) is 0 Å². The van der Waals surface area contributed by atoms with Crippen LogP contribution in [0.15, 0.2) is 48.5 Å². The molecule has 0 saturated carbocycles. The molecule has 0 bridgehead atoms. The molecule has 2 aromatic carbocycles. The zero-order valence-electron chi connectivity index (χ0n) is 22.4. The highest BCUT2D eigenvalue weighted by atomic mass is 32.2. The molecule has 1 N–H and O–H groups in total. The average Bonchev–Trinajstić information content (AvgIpc) is 2.86. The van der Waals surface area contributed by atoms with E-state index in [1.165, 1.54) is 17.3 Å². The van der Waals surface area contributed by atoms with E-state index < -0.39 is 27.1 Å². The molecule has 2 amide bonds. The fourth-order valence-electron chi connectivity index (χ4n) is 5.38. The molecule has 1 unspecified atom stereocenters. The number of hydrogen-bond donors (Lipinski definition) is 1. The Morgan fingerprint density at radius 1 is 1.08 bits per heavy atom. The molecule has 2 aliphatic rings. The third kappa shape index (κ3) is 5.86. The monoisotopic (exact) mass is 544 g/mol. The fourth-order valence-corrected chi connectivity index (χ4v) is 7.57. The Hall–Kier alpha value is -2.98. The number of sulfonamides is 1. The molecule has 0 aromatic heterocycles. The highest BCUT2D eigenvalue weighted by molar-refractivity contribution is 7.89. The average molecular weight is 545 g/mol. The second-order valence-electron chi connectivity index (χ2n) is 10.5. The Kier molecular flexibility index (Phi) is 8.42. The molecule has 206 valence electrons. The molecule has 2 heterocycles. The number of anilines is 1. The van der Waals surface area contributed by atoms with Gasteiger partial charge in [0.25, 0.3) is 0 Å². The molecule has 2 aliphatic heterocycles. The van der Waals surface area contributed by atoms with Crippen LogP contribution in [0.2, 0.25) is 0 Å². The van der Waals surface area contributed by atoms with Gasteiger partial charge in [-0.1, -0.05) is 36.4 Å². The summed E-state index contributed by atoms with van der Waals surface area (Å²) in [6.45, 7) is 8.02. The summed E-state index contributed by atoms with van der Waals surface area (Å²) in [7, 11) is -3.68. The van der Waals surface area contributed by atoms with Crippen LogP contribution < -0.4 is 10.2 Å². The number of halogens is 1. The number of amides is 2. The summed E-state index contributed by atoms with van der Waals surface area (Å²) in [5.41, 5.74) is 1.64. The van der Waals surface area contributed by atoms with Crippen molar-refractivity contribution in [2.24, 2.45) is 0 Å². The normalized spacial score (nSPS) is 23.9. The molecule has 10 heteroatoms. The van der Waals surface area contributed by atoms with Gasteiger partial charge in [0.05, 0.1) is 0 Å². The van der Waals surface area contributed by atoms with Crippen LogP contribution in [0.3, 0.4) is 0 Å². The van der Waals surface area contributed by atoms with Crippen molar-refractivity contribution >= 4 is 27.5 Å². The second-order valence-corrected chi connectivity index (χ2v) is 12.6. The summed E-state index contributed by atoms with van der Waals surface area (Å²) in [6.07, 6.45) is 1.22. The first-order valence-electron chi connectivity index (χ1n) is 13.2. The third-order valence-electron chi connectivity index (χ3n) is 7.44. The van der Waals surface area contributed by atoms with E-state index in [1.807, 2.05) is 56.0 Å². The summed E-state index contributed by atoms with van der Waals surface area (Å²) in [5, 5.41) is 2.22. The minimum absolute atomic E-state index is 0.0452. The Morgan fingerprint density at radius 3 is 2.42 bits per heavy atom. The fraction of sp³-hybridized carbons (Fsp3) is 0.500. The van der Waals surface area contributed by atoms with Crippen molar-refractivity contribution < 1.29 is 22.4 Å². The van der Waals surface area contributed by atoms with E-state index in [-0.39, 0.29) is 37.0 Å². The lowest BCUT2D eigenvalue weighted by Crippen LogP contribution is -2.61. The molecule has 0 spiro atoms. The van der Waals surface area contributed by atoms with E-state index in [0.29, 0.717) is 37.2 Å². The van der Waals surface area contributed by atoms with Gasteiger partial charge in [0.15, 0.2) is 0 Å². The lowest BCUT2D eigenvalue weighted by molar-refractivity contribution is -0.139. The number of nitrogens with one attached hydrogen (secondary N) is 1. The highest BCUT2D eigenvalue weighted by Crippen LogP contribution is 2.38. The van der Waals surface area contributed by atoms with Gasteiger partial charge in [-0.3, -0.25) is 9.59 Å². The number of carbonyl (C=O) groups excluding carboxylic acids is 2. The summed E-state index contributed by atoms with van der Waals surface area (Å²) in [4.78, 5) is 28.4. The van der Waals surface area contributed by atoms with Crippen LogP contribution in [0, 0.1) is 5.82 Å². The van der Waals surface area contributed by atoms with Gasteiger partial charge in [-0.2, -0.15) is 4.31 Å². The van der Waals surface area contributed by atoms with Crippen molar-refractivity contribution in [3.05, 3.63) is 65.5 Å². The SMILES string of the molecule is CC(=O)N1CCN(c2ccc(CN3[C@@H](C)CCC(c4ccccc4)S3(=O)=O)c(F)c2)C[C@H]1C(=O)NC(C)C. The van der Waals surface area contributed by atoms with Gasteiger partial charge in [0.2, 0.25) is 21.8 Å². The summed E-state index contributed by atoms with van der Waals surface area (Å²) >= 11 is 0. The van der Waals surface area contributed by atoms with E-state index in [2.05, 4.69) is 5.32 Å². The Balaban J connectivity index is 1.53. The highest BCUT2D eigenvalue weighted by Gasteiger charge is 2.41. The summed E-state index contributed by atoms with van der Waals surface area (Å²) < 4.78 is 43.9. The van der Waals surface area contributed by atoms with E-state index in [4.69, 9.17) is 0 Å². The minimum Gasteiger partial charge on any atom is -0.367 e. The minimum atomic E-state index is -3.68. The van der Waals surface area contributed by atoms with Crippen LogP contribution in [-0.4, -0.2) is 67.2 Å². The molecule has 2 aromatic rings. The quantitative estimate of drug-likeness (QED) is 0.602. The van der Waals surface area contributed by atoms with Gasteiger partial charge in [-0.05, 0) is 51.3 Å². The maximum atomic E-state index is 15.4. The third-order valence-corrected chi connectivity index (χ3v) is 9.81. The van der Waals surface area contributed by atoms with Crippen LogP contribution in [0.25, 0.3) is 0 Å². The van der Waals surface area contributed by atoms with E-state index in [1.54, 1.807) is 17.0 Å². The van der Waals surface area contributed by atoms with Gasteiger partial charge in [-0.15, -0.1) is 0 Å². The lowest BCUT2D eigenvalue weighted by Gasteiger charge is -2.41. The van der Waals surface area contributed by atoms with E-state index in [9.17, 15) is 18.0 Å². The maximum Gasteiger partial charge on any atom is 0.244 e. The van der Waals surface area contributed by atoms with Crippen LogP contribution in [0.5, 0.6) is 0 Å². The number of nitrogens with zero attached hydrogens (tertiary/aromatic N) is 3. The van der Waals surface area contributed by atoms with Gasteiger partial charge >= 0.3 is 0 Å². The molecule has 2 saturated heterocycles. The molecule has 38 heavy (non-hydrogen) atoms. The van der Waals surface area contributed by atoms with Crippen molar-refractivity contribution in [2.75, 3.05) is 24.5 Å². The predicted molar refractivity (Wildman–Crippen MR) is 145 cm³/mol. The number of carbonyl (C=O) groups is 2. The van der Waals surface area contributed by atoms with Crippen LogP contribution in [-0.2, 0) is 26.2 Å². The lowest BCUT2D eigenvalue weighted by atomic mass is 10.0. The van der Waals surface area contributed by atoms with Crippen molar-refractivity contribution in [3.63, 3.8) is 0 Å². The largest absolute Gasteiger partial charge is 0.367 e. The second kappa shape index (κ2) is 11.4. The van der Waals surface area contributed by atoms with Gasteiger partial charge in [0, 0.05) is 56.4 Å². The summed E-state index contributed by atoms with van der Waals surface area (Å²) in [6, 6.07) is 13.0. The Labute approximate surface area is 224 Å². The maximum absolute atomic E-state index is 15.4. The van der Waals surface area contributed by atoms with Gasteiger partial charge in [0.1, 0.15) is 17.1 Å². The summed E-state index contributed by atoms with van der Waals surface area (Å²) in [5.74, 6) is -0.918. The number of rotatable bonds is 6. The molecule has 0 aliphatic carbocycles. The molecule has 8 nitrogen and oxygen atoms in total. The van der Waals surface area contributed by atoms with Gasteiger partial charge < -0.3 is 15.1 Å². The van der Waals surface area contributed by atoms with Gasteiger partial charge in [-0.25, -0.2) is 12.8 Å². The standard InChI is InChI=1S/C28H37FN4O4S/c1-19(2)30-28(35)26-18-31(14-15-32(26)21(4)34)24-12-11-23(25(29)16-24)17-33-20(3)10-13-27(38(33,36)37)22-8-6-5-7-9-22/h5-9,11-12,16,19-20,26-27H,10,13-15,17-18H2,1-4H3,(H,30,35)/t20-,26-,27?/m0/s1. The molecule has 4 rings (SSSR count). The van der Waals surface area contributed by atoms with Crippen molar-refractivity contribution in [3.8, 4) is 0 Å². The number of benzene rings is 2. The van der Waals surface area contributed by atoms with Crippen molar-refractivity contribution in [1.82, 2.24) is 14.5 Å². The Morgan fingerprint density at radius 2 is 1.79 bits per heavy atom. The van der Waals surface area contributed by atoms with Crippen LogP contribution >= 0.6 is 0 Å². The first-order chi connectivity index (χ1) is 18.0. The van der Waals surface area contributed by atoms with Crippen LogP contribution in [0.1, 0.15) is 56.9 Å².